The molecule has 1 heterocycles. The Labute approximate surface area is 124 Å². The van der Waals surface area contributed by atoms with Gasteiger partial charge in [0, 0.05) is 10.9 Å². The van der Waals surface area contributed by atoms with Gasteiger partial charge in [-0.1, -0.05) is 31.2 Å². The van der Waals surface area contributed by atoms with E-state index in [1.165, 1.54) is 0 Å². The van der Waals surface area contributed by atoms with Crippen LogP contribution in [0.25, 0.3) is 22.1 Å². The Morgan fingerprint density at radius 1 is 1.00 bits per heavy atom. The van der Waals surface area contributed by atoms with Gasteiger partial charge in [-0.3, -0.25) is 0 Å². The minimum Gasteiger partial charge on any atom is -0.496 e. The fourth-order valence-electron chi connectivity index (χ4n) is 2.53. The summed E-state index contributed by atoms with van der Waals surface area (Å²) in [6.45, 7) is 3.77. The summed E-state index contributed by atoms with van der Waals surface area (Å²) in [4.78, 5) is 0. The van der Waals surface area contributed by atoms with Crippen LogP contribution in [-0.2, 0) is 6.54 Å². The molecule has 1 aromatic heterocycles. The third-order valence-electron chi connectivity index (χ3n) is 3.58. The number of hydrogen-bond donors (Lipinski definition) is 1. The molecule has 2 aromatic carbocycles. The molecule has 0 radical (unpaired) electrons. The highest BCUT2D eigenvalue weighted by Crippen LogP contribution is 2.35. The van der Waals surface area contributed by atoms with Crippen LogP contribution in [0.3, 0.4) is 0 Å². The molecule has 0 bridgehead atoms. The fourth-order valence-corrected chi connectivity index (χ4v) is 2.53. The maximum atomic E-state index is 5.95. The first-order valence-corrected chi connectivity index (χ1v) is 7.19. The topological polar surface area (TPSA) is 34.4 Å². The van der Waals surface area contributed by atoms with Gasteiger partial charge < -0.3 is 14.5 Å². The van der Waals surface area contributed by atoms with Gasteiger partial charge in [0.25, 0.3) is 0 Å². The highest BCUT2D eigenvalue weighted by atomic mass is 16.5. The van der Waals surface area contributed by atoms with Crippen LogP contribution in [0.2, 0.25) is 0 Å². The second-order valence-corrected chi connectivity index (χ2v) is 4.91. The van der Waals surface area contributed by atoms with Gasteiger partial charge in [0.2, 0.25) is 0 Å². The Morgan fingerprint density at radius 2 is 1.81 bits per heavy atom. The standard InChI is InChI=1S/C18H19NO2/c1-3-19-12-13-8-10-18(21-13)16-9-11-17(20-2)15-7-5-4-6-14(15)16/h4-11,19H,3,12H2,1-2H3. The zero-order chi connectivity index (χ0) is 14.7. The average Bonchev–Trinajstić information content (AvgIpc) is 3.00. The predicted molar refractivity (Wildman–Crippen MR) is 85.6 cm³/mol. The maximum Gasteiger partial charge on any atom is 0.134 e. The number of fused-ring (bicyclic) bond motifs is 1. The number of furan rings is 1. The number of methoxy groups -OCH3 is 1. The number of nitrogens with one attached hydrogen (secondary N) is 1. The van der Waals surface area contributed by atoms with Crippen molar-refractivity contribution in [3.63, 3.8) is 0 Å². The van der Waals surface area contributed by atoms with Crippen LogP contribution in [0.5, 0.6) is 5.75 Å². The van der Waals surface area contributed by atoms with Crippen molar-refractivity contribution in [1.82, 2.24) is 5.32 Å². The van der Waals surface area contributed by atoms with Gasteiger partial charge >= 0.3 is 0 Å². The highest BCUT2D eigenvalue weighted by molar-refractivity contribution is 5.99. The van der Waals surface area contributed by atoms with E-state index in [1.54, 1.807) is 7.11 Å². The SMILES string of the molecule is CCNCc1ccc(-c2ccc(OC)c3ccccc23)o1. The fraction of sp³-hybridized carbons (Fsp3) is 0.222. The van der Waals surface area contributed by atoms with Crippen molar-refractivity contribution in [3.05, 3.63) is 54.3 Å². The summed E-state index contributed by atoms with van der Waals surface area (Å²) in [6, 6.07) is 16.3. The van der Waals surface area contributed by atoms with Gasteiger partial charge in [0.1, 0.15) is 17.3 Å². The molecule has 0 aliphatic heterocycles. The molecule has 1 N–H and O–H groups in total. The van der Waals surface area contributed by atoms with Gasteiger partial charge in [0.15, 0.2) is 0 Å². The lowest BCUT2D eigenvalue weighted by Gasteiger charge is -2.09. The molecular weight excluding hydrogens is 262 g/mol. The van der Waals surface area contributed by atoms with E-state index < -0.39 is 0 Å². The lowest BCUT2D eigenvalue weighted by atomic mass is 10.0. The summed E-state index contributed by atoms with van der Waals surface area (Å²) >= 11 is 0. The molecule has 0 saturated heterocycles. The average molecular weight is 281 g/mol. The van der Waals surface area contributed by atoms with Crippen LogP contribution >= 0.6 is 0 Å². The van der Waals surface area contributed by atoms with Gasteiger partial charge in [-0.15, -0.1) is 0 Å². The molecule has 3 aromatic rings. The monoisotopic (exact) mass is 281 g/mol. The van der Waals surface area contributed by atoms with E-state index in [0.29, 0.717) is 0 Å². The molecule has 0 aliphatic carbocycles. The van der Waals surface area contributed by atoms with E-state index in [9.17, 15) is 0 Å². The van der Waals surface area contributed by atoms with Crippen LogP contribution < -0.4 is 10.1 Å². The molecule has 3 heteroatoms. The molecule has 0 unspecified atom stereocenters. The molecule has 0 aliphatic rings. The first kappa shape index (κ1) is 13.7. The summed E-state index contributed by atoms with van der Waals surface area (Å²) in [5, 5.41) is 5.51. The van der Waals surface area contributed by atoms with Crippen molar-refractivity contribution >= 4 is 10.8 Å². The zero-order valence-electron chi connectivity index (χ0n) is 12.3. The van der Waals surface area contributed by atoms with Crippen molar-refractivity contribution in [2.24, 2.45) is 0 Å². The van der Waals surface area contributed by atoms with E-state index in [1.807, 2.05) is 30.3 Å². The Hall–Kier alpha value is -2.26. The Balaban J connectivity index is 2.06. The lowest BCUT2D eigenvalue weighted by Crippen LogP contribution is -2.10. The summed E-state index contributed by atoms with van der Waals surface area (Å²) in [6.07, 6.45) is 0. The van der Waals surface area contributed by atoms with Crippen LogP contribution in [0, 0.1) is 0 Å². The van der Waals surface area contributed by atoms with E-state index in [2.05, 4.69) is 30.4 Å². The van der Waals surface area contributed by atoms with E-state index in [4.69, 9.17) is 9.15 Å². The first-order valence-electron chi connectivity index (χ1n) is 7.19. The predicted octanol–water partition coefficient (Wildman–Crippen LogP) is 4.22. The molecule has 0 spiro atoms. The van der Waals surface area contributed by atoms with Crippen molar-refractivity contribution in [1.29, 1.82) is 0 Å². The van der Waals surface area contributed by atoms with Crippen LogP contribution in [-0.4, -0.2) is 13.7 Å². The summed E-state index contributed by atoms with van der Waals surface area (Å²) in [5.74, 6) is 2.72. The Morgan fingerprint density at radius 3 is 2.57 bits per heavy atom. The van der Waals surface area contributed by atoms with Gasteiger partial charge in [-0.25, -0.2) is 0 Å². The van der Waals surface area contributed by atoms with Gasteiger partial charge in [-0.2, -0.15) is 0 Å². The normalized spacial score (nSPS) is 11.0. The Bertz CT molecular complexity index is 746. The minimum absolute atomic E-state index is 0.755. The van der Waals surface area contributed by atoms with Crippen LogP contribution in [0.15, 0.2) is 52.9 Å². The first-order chi connectivity index (χ1) is 10.3. The Kier molecular flexibility index (Phi) is 3.93. The van der Waals surface area contributed by atoms with E-state index in [0.717, 1.165) is 46.7 Å². The largest absolute Gasteiger partial charge is 0.496 e. The summed E-state index contributed by atoms with van der Waals surface area (Å²) < 4.78 is 11.4. The number of hydrogen-bond acceptors (Lipinski definition) is 3. The minimum atomic E-state index is 0.755. The molecule has 3 rings (SSSR count). The van der Waals surface area contributed by atoms with Crippen LogP contribution in [0.4, 0.5) is 0 Å². The van der Waals surface area contributed by atoms with Crippen LogP contribution in [0.1, 0.15) is 12.7 Å². The summed E-state index contributed by atoms with van der Waals surface area (Å²) in [5.41, 5.74) is 1.09. The molecule has 3 nitrogen and oxygen atoms in total. The number of ether oxygens (including phenoxy) is 1. The quantitative estimate of drug-likeness (QED) is 0.760. The van der Waals surface area contributed by atoms with Crippen molar-refractivity contribution in [2.45, 2.75) is 13.5 Å². The second kappa shape index (κ2) is 6.02. The summed E-state index contributed by atoms with van der Waals surface area (Å²) in [7, 11) is 1.70. The number of benzene rings is 2. The van der Waals surface area contributed by atoms with Gasteiger partial charge in [-0.05, 0) is 36.2 Å². The van der Waals surface area contributed by atoms with Gasteiger partial charge in [0.05, 0.1) is 13.7 Å². The molecular formula is C18H19NO2. The van der Waals surface area contributed by atoms with Crippen molar-refractivity contribution in [2.75, 3.05) is 13.7 Å². The second-order valence-electron chi connectivity index (χ2n) is 4.91. The van der Waals surface area contributed by atoms with E-state index >= 15 is 0 Å². The van der Waals surface area contributed by atoms with Crippen molar-refractivity contribution < 1.29 is 9.15 Å². The third-order valence-corrected chi connectivity index (χ3v) is 3.58. The maximum absolute atomic E-state index is 5.95. The molecule has 0 fully saturated rings. The zero-order valence-corrected chi connectivity index (χ0v) is 12.3. The molecule has 108 valence electrons. The lowest BCUT2D eigenvalue weighted by molar-refractivity contribution is 0.420. The molecule has 21 heavy (non-hydrogen) atoms. The molecule has 0 amide bonds. The smallest absolute Gasteiger partial charge is 0.134 e. The van der Waals surface area contributed by atoms with Crippen molar-refractivity contribution in [3.8, 4) is 17.1 Å². The highest BCUT2D eigenvalue weighted by Gasteiger charge is 2.11. The number of rotatable bonds is 5. The third kappa shape index (κ3) is 2.65. The molecule has 0 atom stereocenters. The molecule has 0 saturated carbocycles. The van der Waals surface area contributed by atoms with E-state index in [-0.39, 0.29) is 0 Å².